The fourth-order valence-electron chi connectivity index (χ4n) is 1.60. The molecule has 0 amide bonds. The van der Waals surface area contributed by atoms with Crippen molar-refractivity contribution in [1.29, 1.82) is 0 Å². The average molecular weight is 276 g/mol. The lowest BCUT2D eigenvalue weighted by Crippen LogP contribution is -2.06. The minimum absolute atomic E-state index is 0.208. The molecule has 1 heterocycles. The lowest BCUT2D eigenvalue weighted by atomic mass is 10.2. The molecule has 19 heavy (non-hydrogen) atoms. The number of ether oxygens (including phenoxy) is 1. The van der Waals surface area contributed by atoms with Crippen LogP contribution in [0.2, 0.25) is 0 Å². The van der Waals surface area contributed by atoms with Crippen LogP contribution in [-0.4, -0.2) is 17.6 Å². The van der Waals surface area contributed by atoms with E-state index in [1.807, 2.05) is 18.2 Å². The molecule has 0 atom stereocenters. The Morgan fingerprint density at radius 3 is 2.89 bits per heavy atom. The Bertz CT molecular complexity index is 525. The standard InChI is InChI=1S/C14H16N2O2S/c1-2-18-13(17)8-12-10-16-14(19-12)15-9-11-6-4-3-5-7-11/h3-7,10H,2,8-9H2,1H3,(H,15,16). The maximum Gasteiger partial charge on any atom is 0.311 e. The molecule has 0 unspecified atom stereocenters. The highest BCUT2D eigenvalue weighted by Gasteiger charge is 2.07. The first-order chi connectivity index (χ1) is 9.28. The molecule has 0 radical (unpaired) electrons. The molecule has 0 spiro atoms. The van der Waals surface area contributed by atoms with Gasteiger partial charge in [-0.15, -0.1) is 11.3 Å². The summed E-state index contributed by atoms with van der Waals surface area (Å²) in [4.78, 5) is 16.5. The molecule has 1 N–H and O–H groups in total. The summed E-state index contributed by atoms with van der Waals surface area (Å²) >= 11 is 1.48. The molecular formula is C14H16N2O2S. The van der Waals surface area contributed by atoms with Gasteiger partial charge in [0, 0.05) is 17.6 Å². The van der Waals surface area contributed by atoms with Gasteiger partial charge in [0.2, 0.25) is 0 Å². The molecule has 0 aliphatic carbocycles. The van der Waals surface area contributed by atoms with Crippen molar-refractivity contribution in [2.45, 2.75) is 19.9 Å². The number of esters is 1. The highest BCUT2D eigenvalue weighted by atomic mass is 32.1. The van der Waals surface area contributed by atoms with Gasteiger partial charge in [0.25, 0.3) is 0 Å². The number of carbonyl (C=O) groups excluding carboxylic acids is 1. The quantitative estimate of drug-likeness (QED) is 0.824. The van der Waals surface area contributed by atoms with Crippen LogP contribution in [0.4, 0.5) is 5.13 Å². The van der Waals surface area contributed by atoms with Gasteiger partial charge in [-0.3, -0.25) is 4.79 Å². The Morgan fingerprint density at radius 2 is 2.16 bits per heavy atom. The first-order valence-corrected chi connectivity index (χ1v) is 6.97. The third-order valence-electron chi connectivity index (χ3n) is 2.46. The summed E-state index contributed by atoms with van der Waals surface area (Å²) in [7, 11) is 0. The number of carbonyl (C=O) groups is 1. The summed E-state index contributed by atoms with van der Waals surface area (Å²) in [6.07, 6.45) is 2.01. The van der Waals surface area contributed by atoms with Crippen molar-refractivity contribution < 1.29 is 9.53 Å². The second kappa shape index (κ2) is 6.89. The first kappa shape index (κ1) is 13.5. The molecule has 2 aromatic rings. The average Bonchev–Trinajstić information content (AvgIpc) is 2.85. The van der Waals surface area contributed by atoms with E-state index in [0.717, 1.165) is 16.6 Å². The SMILES string of the molecule is CCOC(=O)Cc1cnc(NCc2ccccc2)s1. The normalized spacial score (nSPS) is 10.2. The zero-order valence-corrected chi connectivity index (χ0v) is 11.6. The Hall–Kier alpha value is -1.88. The fourth-order valence-corrected chi connectivity index (χ4v) is 2.39. The number of rotatable bonds is 6. The minimum Gasteiger partial charge on any atom is -0.466 e. The van der Waals surface area contributed by atoms with E-state index in [0.29, 0.717) is 13.0 Å². The lowest BCUT2D eigenvalue weighted by molar-refractivity contribution is -0.142. The van der Waals surface area contributed by atoms with Crippen LogP contribution in [0, 0.1) is 0 Å². The summed E-state index contributed by atoms with van der Waals surface area (Å²) in [5.41, 5.74) is 1.20. The van der Waals surface area contributed by atoms with E-state index in [-0.39, 0.29) is 5.97 Å². The molecule has 100 valence electrons. The van der Waals surface area contributed by atoms with E-state index < -0.39 is 0 Å². The summed E-state index contributed by atoms with van der Waals surface area (Å²) in [5.74, 6) is -0.208. The molecule has 1 aromatic heterocycles. The Kier molecular flexibility index (Phi) is 4.92. The smallest absolute Gasteiger partial charge is 0.311 e. The highest BCUT2D eigenvalue weighted by Crippen LogP contribution is 2.19. The molecule has 1 aromatic carbocycles. The molecule has 0 aliphatic heterocycles. The van der Waals surface area contributed by atoms with E-state index in [9.17, 15) is 4.79 Å². The van der Waals surface area contributed by atoms with Crippen molar-refractivity contribution in [2.75, 3.05) is 11.9 Å². The monoisotopic (exact) mass is 276 g/mol. The lowest BCUT2D eigenvalue weighted by Gasteiger charge is -2.01. The van der Waals surface area contributed by atoms with Gasteiger partial charge in [-0.05, 0) is 12.5 Å². The number of nitrogens with zero attached hydrogens (tertiary/aromatic N) is 1. The van der Waals surface area contributed by atoms with E-state index in [2.05, 4.69) is 22.4 Å². The third kappa shape index (κ3) is 4.37. The highest BCUT2D eigenvalue weighted by molar-refractivity contribution is 7.15. The van der Waals surface area contributed by atoms with Crippen LogP contribution < -0.4 is 5.32 Å². The zero-order valence-electron chi connectivity index (χ0n) is 10.8. The van der Waals surface area contributed by atoms with Gasteiger partial charge < -0.3 is 10.1 Å². The molecule has 0 bridgehead atoms. The predicted molar refractivity (Wildman–Crippen MR) is 76.2 cm³/mol. The minimum atomic E-state index is -0.208. The van der Waals surface area contributed by atoms with Crippen molar-refractivity contribution in [3.05, 3.63) is 47.0 Å². The number of thiazole rings is 1. The third-order valence-corrected chi connectivity index (χ3v) is 3.42. The number of benzene rings is 1. The molecule has 5 heteroatoms. The molecule has 0 fully saturated rings. The van der Waals surface area contributed by atoms with Crippen LogP contribution in [-0.2, 0) is 22.5 Å². The molecular weight excluding hydrogens is 260 g/mol. The zero-order chi connectivity index (χ0) is 13.5. The van der Waals surface area contributed by atoms with E-state index >= 15 is 0 Å². The van der Waals surface area contributed by atoms with Gasteiger partial charge in [0.15, 0.2) is 5.13 Å². The summed E-state index contributed by atoms with van der Waals surface area (Å²) in [6, 6.07) is 10.1. The number of anilines is 1. The molecule has 0 saturated carbocycles. The van der Waals surface area contributed by atoms with Gasteiger partial charge in [-0.2, -0.15) is 0 Å². The first-order valence-electron chi connectivity index (χ1n) is 6.16. The topological polar surface area (TPSA) is 51.2 Å². The summed E-state index contributed by atoms with van der Waals surface area (Å²) in [5, 5.41) is 4.06. The van der Waals surface area contributed by atoms with Crippen molar-refractivity contribution in [3.8, 4) is 0 Å². The van der Waals surface area contributed by atoms with Crippen molar-refractivity contribution in [1.82, 2.24) is 4.98 Å². The number of hydrogen-bond acceptors (Lipinski definition) is 5. The summed E-state index contributed by atoms with van der Waals surface area (Å²) in [6.45, 7) is 2.95. The van der Waals surface area contributed by atoms with Gasteiger partial charge in [-0.25, -0.2) is 4.98 Å². The van der Waals surface area contributed by atoms with Crippen LogP contribution in [0.3, 0.4) is 0 Å². The number of aromatic nitrogens is 1. The van der Waals surface area contributed by atoms with Gasteiger partial charge in [0.1, 0.15) is 0 Å². The van der Waals surface area contributed by atoms with Crippen molar-refractivity contribution in [2.24, 2.45) is 0 Å². The maximum absolute atomic E-state index is 11.3. The van der Waals surface area contributed by atoms with Crippen LogP contribution in [0.25, 0.3) is 0 Å². The van der Waals surface area contributed by atoms with Crippen LogP contribution in [0.15, 0.2) is 36.5 Å². The predicted octanol–water partition coefficient (Wildman–Crippen LogP) is 2.86. The Morgan fingerprint density at radius 1 is 1.37 bits per heavy atom. The number of hydrogen-bond donors (Lipinski definition) is 1. The Labute approximate surface area is 116 Å². The van der Waals surface area contributed by atoms with Crippen LogP contribution in [0.1, 0.15) is 17.4 Å². The van der Waals surface area contributed by atoms with Crippen molar-refractivity contribution >= 4 is 22.4 Å². The van der Waals surface area contributed by atoms with E-state index in [4.69, 9.17) is 4.74 Å². The molecule has 0 saturated heterocycles. The maximum atomic E-state index is 11.3. The fraction of sp³-hybridized carbons (Fsp3) is 0.286. The van der Waals surface area contributed by atoms with Gasteiger partial charge in [-0.1, -0.05) is 30.3 Å². The van der Waals surface area contributed by atoms with Crippen LogP contribution >= 0.6 is 11.3 Å². The largest absolute Gasteiger partial charge is 0.466 e. The van der Waals surface area contributed by atoms with Crippen LogP contribution in [0.5, 0.6) is 0 Å². The second-order valence-corrected chi connectivity index (χ2v) is 5.07. The molecule has 4 nitrogen and oxygen atoms in total. The summed E-state index contributed by atoms with van der Waals surface area (Å²) < 4.78 is 4.90. The Balaban J connectivity index is 1.85. The second-order valence-electron chi connectivity index (χ2n) is 3.95. The van der Waals surface area contributed by atoms with E-state index in [1.165, 1.54) is 16.9 Å². The molecule has 0 aliphatic rings. The molecule has 2 rings (SSSR count). The van der Waals surface area contributed by atoms with Crippen molar-refractivity contribution in [3.63, 3.8) is 0 Å². The van der Waals surface area contributed by atoms with Gasteiger partial charge >= 0.3 is 5.97 Å². The number of nitrogens with one attached hydrogen (secondary N) is 1. The van der Waals surface area contributed by atoms with Gasteiger partial charge in [0.05, 0.1) is 13.0 Å². The van der Waals surface area contributed by atoms with E-state index in [1.54, 1.807) is 13.1 Å².